The molecule has 0 fully saturated rings. The third-order valence-electron chi connectivity index (χ3n) is 1.94. The zero-order chi connectivity index (χ0) is 18.3. The monoisotopic (exact) mass is 332 g/mol. The van der Waals surface area contributed by atoms with Crippen molar-refractivity contribution in [1.82, 2.24) is 0 Å². The summed E-state index contributed by atoms with van der Waals surface area (Å²) in [7, 11) is 0. The largest absolute Gasteiger partial charge is 0.466 e. The molecular weight excluding hydrogens is 308 g/mol. The van der Waals surface area contributed by atoms with Crippen molar-refractivity contribution in [3.63, 3.8) is 0 Å². The van der Waals surface area contributed by atoms with E-state index in [1.54, 1.807) is 27.7 Å². The summed E-state index contributed by atoms with van der Waals surface area (Å²) in [6.45, 7) is 10.9. The molecule has 0 saturated carbocycles. The Kier molecular flexibility index (Phi) is 14.5. The van der Waals surface area contributed by atoms with E-state index in [2.05, 4.69) is 25.5 Å². The molecule has 0 radical (unpaired) electrons. The van der Waals surface area contributed by atoms with Gasteiger partial charge in [0.2, 0.25) is 0 Å². The maximum absolute atomic E-state index is 10.8. The molecule has 0 aromatic carbocycles. The van der Waals surface area contributed by atoms with E-state index in [4.69, 9.17) is 0 Å². The van der Waals surface area contributed by atoms with Gasteiger partial charge in [-0.2, -0.15) is 0 Å². The number of rotatable bonds is 8. The molecule has 23 heavy (non-hydrogen) atoms. The number of carbonyl (C=O) groups is 4. The minimum atomic E-state index is -0.726. The van der Waals surface area contributed by atoms with E-state index < -0.39 is 23.9 Å². The van der Waals surface area contributed by atoms with Crippen LogP contribution in [0.2, 0.25) is 0 Å². The summed E-state index contributed by atoms with van der Waals surface area (Å²) in [6, 6.07) is 0. The normalized spacial score (nSPS) is 8.87. The number of hydrogen-bond acceptors (Lipinski definition) is 8. The van der Waals surface area contributed by atoms with E-state index in [0.717, 1.165) is 0 Å². The summed E-state index contributed by atoms with van der Waals surface area (Å²) in [6.07, 6.45) is -0.290. The summed E-state index contributed by atoms with van der Waals surface area (Å²) in [5.74, 6) is -2.52. The van der Waals surface area contributed by atoms with Crippen LogP contribution in [0.5, 0.6) is 0 Å². The second-order valence-corrected chi connectivity index (χ2v) is 3.71. The predicted molar refractivity (Wildman–Crippen MR) is 80.3 cm³/mol. The van der Waals surface area contributed by atoms with Crippen LogP contribution in [0.4, 0.5) is 0 Å². The quantitative estimate of drug-likeness (QED) is 0.214. The lowest BCUT2D eigenvalue weighted by molar-refractivity contribution is -0.154. The lowest BCUT2D eigenvalue weighted by atomic mass is 10.3. The molecule has 0 aliphatic carbocycles. The minimum Gasteiger partial charge on any atom is -0.466 e. The average Bonchev–Trinajstić information content (AvgIpc) is 2.48. The van der Waals surface area contributed by atoms with Crippen LogP contribution >= 0.6 is 0 Å². The fourth-order valence-corrected chi connectivity index (χ4v) is 1.06. The van der Waals surface area contributed by atoms with E-state index >= 15 is 0 Å². The van der Waals surface area contributed by atoms with E-state index in [9.17, 15) is 19.2 Å². The maximum Gasteiger partial charge on any atom is 0.344 e. The first-order chi connectivity index (χ1) is 10.8. The second-order valence-electron chi connectivity index (χ2n) is 3.71. The highest BCUT2D eigenvalue weighted by atomic mass is 16.6. The van der Waals surface area contributed by atoms with Crippen molar-refractivity contribution in [3.8, 4) is 0 Å². The zero-order valence-corrected chi connectivity index (χ0v) is 14.0. The van der Waals surface area contributed by atoms with Crippen molar-refractivity contribution in [2.75, 3.05) is 26.4 Å². The van der Waals surface area contributed by atoms with Crippen molar-refractivity contribution in [3.05, 3.63) is 12.2 Å². The van der Waals surface area contributed by atoms with Crippen LogP contribution in [0, 0.1) is 0 Å². The highest BCUT2D eigenvalue weighted by molar-refractivity contribution is 6.13. The lowest BCUT2D eigenvalue weighted by Gasteiger charge is -2.03. The standard InChI is InChI=1S/C8H12O4.C7H12O4/c1-4-11-7(9)6(3)8(10)12-5-2;1-3-10-6(8)5-7(9)11-4-2/h3-5H2,1-2H3;3-5H2,1-2H3. The molecule has 0 spiro atoms. The lowest BCUT2D eigenvalue weighted by Crippen LogP contribution is -2.17. The van der Waals surface area contributed by atoms with E-state index in [-0.39, 0.29) is 38.4 Å². The Hall–Kier alpha value is -2.38. The molecule has 0 N–H and O–H groups in total. The van der Waals surface area contributed by atoms with Gasteiger partial charge in [0.1, 0.15) is 12.0 Å². The van der Waals surface area contributed by atoms with Crippen LogP contribution in [0.15, 0.2) is 12.2 Å². The van der Waals surface area contributed by atoms with Gasteiger partial charge in [-0.15, -0.1) is 0 Å². The molecule has 0 aromatic rings. The summed E-state index contributed by atoms with van der Waals surface area (Å²) >= 11 is 0. The highest BCUT2D eigenvalue weighted by Gasteiger charge is 2.17. The van der Waals surface area contributed by atoms with Crippen molar-refractivity contribution in [2.45, 2.75) is 34.1 Å². The summed E-state index contributed by atoms with van der Waals surface area (Å²) < 4.78 is 18.1. The number of carbonyl (C=O) groups excluding carboxylic acids is 4. The van der Waals surface area contributed by atoms with Crippen LogP contribution in [-0.4, -0.2) is 50.3 Å². The molecule has 0 bridgehead atoms. The Bertz CT molecular complexity index is 378. The first-order valence-electron chi connectivity index (χ1n) is 7.18. The fraction of sp³-hybridized carbons (Fsp3) is 0.600. The van der Waals surface area contributed by atoms with Gasteiger partial charge in [-0.1, -0.05) is 6.58 Å². The van der Waals surface area contributed by atoms with Gasteiger partial charge in [-0.25, -0.2) is 9.59 Å². The molecule has 0 aliphatic rings. The van der Waals surface area contributed by atoms with E-state index in [1.165, 1.54) is 0 Å². The molecule has 132 valence electrons. The third kappa shape index (κ3) is 13.0. The minimum absolute atomic E-state index is 0.220. The summed E-state index contributed by atoms with van der Waals surface area (Å²) in [4.78, 5) is 42.9. The first-order valence-corrected chi connectivity index (χ1v) is 7.18. The molecule has 0 unspecified atom stereocenters. The van der Waals surface area contributed by atoms with E-state index in [0.29, 0.717) is 0 Å². The third-order valence-corrected chi connectivity index (χ3v) is 1.94. The summed E-state index contributed by atoms with van der Waals surface area (Å²) in [5.41, 5.74) is -0.265. The Morgan fingerprint density at radius 1 is 0.652 bits per heavy atom. The zero-order valence-electron chi connectivity index (χ0n) is 14.0. The number of hydrogen-bond donors (Lipinski definition) is 0. The Morgan fingerprint density at radius 3 is 1.22 bits per heavy atom. The predicted octanol–water partition coefficient (Wildman–Crippen LogP) is 1.17. The average molecular weight is 332 g/mol. The van der Waals surface area contributed by atoms with Crippen LogP contribution in [0.1, 0.15) is 34.1 Å². The van der Waals surface area contributed by atoms with Crippen molar-refractivity contribution in [2.24, 2.45) is 0 Å². The highest BCUT2D eigenvalue weighted by Crippen LogP contribution is 1.97. The second kappa shape index (κ2) is 14.6. The molecular formula is C15H24O8. The Labute approximate surface area is 135 Å². The van der Waals surface area contributed by atoms with Gasteiger partial charge >= 0.3 is 23.9 Å². The van der Waals surface area contributed by atoms with Crippen molar-refractivity contribution < 1.29 is 38.1 Å². The molecule has 0 atom stereocenters. The van der Waals surface area contributed by atoms with Crippen LogP contribution in [0.3, 0.4) is 0 Å². The number of esters is 4. The SMILES string of the molecule is C=C(C(=O)OCC)C(=O)OCC.CCOC(=O)CC(=O)OCC. The fourth-order valence-electron chi connectivity index (χ4n) is 1.06. The molecule has 0 aromatic heterocycles. The maximum atomic E-state index is 10.8. The molecule has 0 rings (SSSR count). The van der Waals surface area contributed by atoms with Crippen LogP contribution in [-0.2, 0) is 38.1 Å². The van der Waals surface area contributed by atoms with Gasteiger partial charge in [0.15, 0.2) is 0 Å². The van der Waals surface area contributed by atoms with Gasteiger partial charge in [-0.3, -0.25) is 9.59 Å². The number of ether oxygens (including phenoxy) is 4. The van der Waals surface area contributed by atoms with Crippen molar-refractivity contribution >= 4 is 23.9 Å². The summed E-state index contributed by atoms with van der Waals surface area (Å²) in [5, 5.41) is 0. The molecule has 0 heterocycles. The first kappa shape index (κ1) is 22.9. The topological polar surface area (TPSA) is 105 Å². The van der Waals surface area contributed by atoms with Gasteiger partial charge in [-0.05, 0) is 27.7 Å². The molecule has 8 nitrogen and oxygen atoms in total. The van der Waals surface area contributed by atoms with Crippen molar-refractivity contribution in [1.29, 1.82) is 0 Å². The Morgan fingerprint density at radius 2 is 0.957 bits per heavy atom. The van der Waals surface area contributed by atoms with Gasteiger partial charge < -0.3 is 18.9 Å². The van der Waals surface area contributed by atoms with Gasteiger partial charge in [0.25, 0.3) is 0 Å². The van der Waals surface area contributed by atoms with Gasteiger partial charge in [0, 0.05) is 0 Å². The van der Waals surface area contributed by atoms with E-state index in [1.807, 2.05) is 0 Å². The van der Waals surface area contributed by atoms with Crippen LogP contribution < -0.4 is 0 Å². The molecule has 0 amide bonds. The smallest absolute Gasteiger partial charge is 0.344 e. The molecule has 8 heteroatoms. The van der Waals surface area contributed by atoms with Crippen LogP contribution in [0.25, 0.3) is 0 Å². The Balaban J connectivity index is 0. The molecule has 0 saturated heterocycles. The molecule has 0 aliphatic heterocycles. The van der Waals surface area contributed by atoms with Gasteiger partial charge in [0.05, 0.1) is 26.4 Å².